The molecule has 1 fully saturated rings. The molecule has 51 heavy (non-hydrogen) atoms. The zero-order valence-corrected chi connectivity index (χ0v) is 32.1. The summed E-state index contributed by atoms with van der Waals surface area (Å²) < 4.78 is 11.0. The number of hydrogen-bond donors (Lipinski definition) is 8. The van der Waals surface area contributed by atoms with Gasteiger partial charge in [0.2, 0.25) is 5.91 Å². The van der Waals surface area contributed by atoms with Gasteiger partial charge in [-0.05, 0) is 38.5 Å². The van der Waals surface area contributed by atoms with Gasteiger partial charge in [-0.2, -0.15) is 0 Å². The number of hydrogen-bond acceptors (Lipinski definition) is 10. The van der Waals surface area contributed by atoms with Crippen LogP contribution < -0.4 is 5.32 Å². The number of unbranched alkanes of at least 4 members (excludes halogenated alkanes) is 19. The highest BCUT2D eigenvalue weighted by atomic mass is 16.7. The molecule has 302 valence electrons. The Kier molecular flexibility index (Phi) is 29.3. The SMILES string of the molecule is CCCCCCCCC=CCCCCC(O)C(O)C(COC1OC(CO)C(O)C(O)C1O)NC(=O)C(O)CCCCCCCCCCCCCC. The zero-order chi connectivity index (χ0) is 37.7. The fourth-order valence-electron chi connectivity index (χ4n) is 6.55. The van der Waals surface area contributed by atoms with E-state index in [0.717, 1.165) is 38.5 Å². The van der Waals surface area contributed by atoms with E-state index in [1.54, 1.807) is 0 Å². The van der Waals surface area contributed by atoms with Crippen LogP contribution in [-0.4, -0.2) is 110 Å². The second kappa shape index (κ2) is 31.2. The van der Waals surface area contributed by atoms with E-state index in [0.29, 0.717) is 12.8 Å². The van der Waals surface area contributed by atoms with Crippen molar-refractivity contribution >= 4 is 5.91 Å². The predicted octanol–water partition coefficient (Wildman–Crippen LogP) is 5.33. The number of rotatable bonds is 33. The van der Waals surface area contributed by atoms with E-state index < -0.39 is 74.2 Å². The molecular weight excluding hydrogens is 654 g/mol. The zero-order valence-electron chi connectivity index (χ0n) is 32.1. The van der Waals surface area contributed by atoms with E-state index in [-0.39, 0.29) is 12.8 Å². The van der Waals surface area contributed by atoms with E-state index in [9.17, 15) is 40.5 Å². The average molecular weight is 732 g/mol. The minimum Gasteiger partial charge on any atom is -0.394 e. The van der Waals surface area contributed by atoms with Crippen molar-refractivity contribution in [2.24, 2.45) is 0 Å². The number of aliphatic hydroxyl groups is 7. The van der Waals surface area contributed by atoms with Crippen molar-refractivity contribution in [2.45, 2.75) is 223 Å². The summed E-state index contributed by atoms with van der Waals surface area (Å²) in [6.07, 6.45) is 18.4. The van der Waals surface area contributed by atoms with Gasteiger partial charge in [-0.25, -0.2) is 0 Å². The molecule has 11 heteroatoms. The fraction of sp³-hybridized carbons (Fsp3) is 0.925. The highest BCUT2D eigenvalue weighted by molar-refractivity contribution is 5.80. The van der Waals surface area contributed by atoms with Gasteiger partial charge in [0.1, 0.15) is 36.6 Å². The van der Waals surface area contributed by atoms with Gasteiger partial charge in [-0.3, -0.25) is 4.79 Å². The Labute approximate surface area is 309 Å². The molecular formula is C40H77NO10. The molecule has 0 aliphatic carbocycles. The summed E-state index contributed by atoms with van der Waals surface area (Å²) in [6, 6.07) is -1.17. The van der Waals surface area contributed by atoms with Gasteiger partial charge in [0.25, 0.3) is 0 Å². The van der Waals surface area contributed by atoms with Crippen LogP contribution in [0.1, 0.15) is 168 Å². The van der Waals surface area contributed by atoms with Gasteiger partial charge in [-0.15, -0.1) is 0 Å². The molecule has 1 aliphatic rings. The minimum absolute atomic E-state index is 0.259. The number of allylic oxidation sites excluding steroid dienone is 2. The molecule has 0 aromatic heterocycles. The average Bonchev–Trinajstić information content (AvgIpc) is 3.13. The number of amides is 1. The van der Waals surface area contributed by atoms with E-state index in [4.69, 9.17) is 9.47 Å². The van der Waals surface area contributed by atoms with Gasteiger partial charge in [0.05, 0.1) is 25.4 Å². The highest BCUT2D eigenvalue weighted by Gasteiger charge is 2.44. The Morgan fingerprint density at radius 3 is 1.67 bits per heavy atom. The third-order valence-electron chi connectivity index (χ3n) is 10.1. The Bertz CT molecular complexity index is 846. The lowest BCUT2D eigenvalue weighted by atomic mass is 9.98. The number of carbonyl (C=O) groups is 1. The van der Waals surface area contributed by atoms with Crippen molar-refractivity contribution in [3.05, 3.63) is 12.2 Å². The van der Waals surface area contributed by atoms with Crippen molar-refractivity contribution in [1.82, 2.24) is 5.32 Å². The Morgan fingerprint density at radius 2 is 1.14 bits per heavy atom. The first kappa shape index (κ1) is 47.9. The molecule has 1 heterocycles. The summed E-state index contributed by atoms with van der Waals surface area (Å²) >= 11 is 0. The first-order chi connectivity index (χ1) is 24.7. The molecule has 0 saturated carbocycles. The molecule has 0 radical (unpaired) electrons. The molecule has 8 N–H and O–H groups in total. The van der Waals surface area contributed by atoms with Crippen LogP contribution in [0.5, 0.6) is 0 Å². The van der Waals surface area contributed by atoms with Crippen LogP contribution in [0.2, 0.25) is 0 Å². The second-order valence-electron chi connectivity index (χ2n) is 14.7. The molecule has 1 rings (SSSR count). The molecule has 1 amide bonds. The van der Waals surface area contributed by atoms with Gasteiger partial charge in [0.15, 0.2) is 6.29 Å². The van der Waals surface area contributed by atoms with Crippen LogP contribution in [0.3, 0.4) is 0 Å². The molecule has 11 nitrogen and oxygen atoms in total. The molecule has 0 aromatic rings. The van der Waals surface area contributed by atoms with Gasteiger partial charge >= 0.3 is 0 Å². The van der Waals surface area contributed by atoms with Crippen molar-refractivity contribution in [2.75, 3.05) is 13.2 Å². The molecule has 9 unspecified atom stereocenters. The minimum atomic E-state index is -1.66. The summed E-state index contributed by atoms with van der Waals surface area (Å²) in [5.74, 6) is -0.706. The molecule has 0 spiro atoms. The van der Waals surface area contributed by atoms with Crippen LogP contribution >= 0.6 is 0 Å². The molecule has 0 aromatic carbocycles. The standard InChI is InChI=1S/C40H77NO10/c1-3-5-7-9-11-13-15-17-19-21-23-25-27-32(43)35(45)31(30-50-40-38(48)37(47)36(46)34(29-42)51-40)41-39(49)33(44)28-26-24-22-20-18-16-14-12-10-8-6-4-2/h17,19,31-38,40,42-48H,3-16,18,20-30H2,1-2H3,(H,41,49). The second-order valence-corrected chi connectivity index (χ2v) is 14.7. The summed E-state index contributed by atoms with van der Waals surface area (Å²) in [4.78, 5) is 13.0. The molecule has 1 aliphatic heterocycles. The van der Waals surface area contributed by atoms with Crippen LogP contribution in [0.4, 0.5) is 0 Å². The first-order valence-electron chi connectivity index (χ1n) is 20.6. The molecule has 9 atom stereocenters. The van der Waals surface area contributed by atoms with Crippen molar-refractivity contribution in [3.63, 3.8) is 0 Å². The fourth-order valence-corrected chi connectivity index (χ4v) is 6.55. The molecule has 0 bridgehead atoms. The van der Waals surface area contributed by atoms with Crippen LogP contribution in [0, 0.1) is 0 Å². The predicted molar refractivity (Wildman–Crippen MR) is 201 cm³/mol. The Morgan fingerprint density at radius 1 is 0.667 bits per heavy atom. The van der Waals surface area contributed by atoms with Crippen LogP contribution in [-0.2, 0) is 14.3 Å². The lowest BCUT2D eigenvalue weighted by molar-refractivity contribution is -0.303. The number of aliphatic hydroxyl groups excluding tert-OH is 7. The van der Waals surface area contributed by atoms with Crippen molar-refractivity contribution in [3.8, 4) is 0 Å². The largest absolute Gasteiger partial charge is 0.394 e. The van der Waals surface area contributed by atoms with Crippen molar-refractivity contribution in [1.29, 1.82) is 0 Å². The van der Waals surface area contributed by atoms with Gasteiger partial charge in [0, 0.05) is 0 Å². The van der Waals surface area contributed by atoms with E-state index >= 15 is 0 Å². The first-order valence-corrected chi connectivity index (χ1v) is 20.6. The maximum absolute atomic E-state index is 13.0. The lowest BCUT2D eigenvalue weighted by Crippen LogP contribution is -2.60. The number of carbonyl (C=O) groups excluding carboxylic acids is 1. The van der Waals surface area contributed by atoms with Crippen LogP contribution in [0.25, 0.3) is 0 Å². The van der Waals surface area contributed by atoms with Crippen LogP contribution in [0.15, 0.2) is 12.2 Å². The summed E-state index contributed by atoms with van der Waals surface area (Å²) in [6.45, 7) is 3.38. The lowest BCUT2D eigenvalue weighted by Gasteiger charge is -2.40. The van der Waals surface area contributed by atoms with Crippen molar-refractivity contribution < 1.29 is 50.0 Å². The maximum Gasteiger partial charge on any atom is 0.249 e. The Balaban J connectivity index is 2.56. The van der Waals surface area contributed by atoms with Gasteiger partial charge < -0.3 is 50.5 Å². The monoisotopic (exact) mass is 732 g/mol. The summed E-state index contributed by atoms with van der Waals surface area (Å²) in [7, 11) is 0. The highest BCUT2D eigenvalue weighted by Crippen LogP contribution is 2.23. The molecule has 1 saturated heterocycles. The quantitative estimate of drug-likeness (QED) is 0.0324. The van der Waals surface area contributed by atoms with E-state index in [1.165, 1.54) is 89.9 Å². The number of ether oxygens (including phenoxy) is 2. The third kappa shape index (κ3) is 22.0. The maximum atomic E-state index is 13.0. The summed E-state index contributed by atoms with van der Waals surface area (Å²) in [5.41, 5.74) is 0. The van der Waals surface area contributed by atoms with E-state index in [1.807, 2.05) is 0 Å². The topological polar surface area (TPSA) is 189 Å². The van der Waals surface area contributed by atoms with Gasteiger partial charge in [-0.1, -0.05) is 142 Å². The third-order valence-corrected chi connectivity index (χ3v) is 10.1. The number of nitrogens with one attached hydrogen (secondary N) is 1. The van der Waals surface area contributed by atoms with E-state index in [2.05, 4.69) is 31.3 Å². The normalized spacial score (nSPS) is 23.4. The summed E-state index contributed by atoms with van der Waals surface area (Å²) in [5, 5.41) is 75.2. The Hall–Kier alpha value is -1.15. The smallest absolute Gasteiger partial charge is 0.249 e.